The van der Waals surface area contributed by atoms with Gasteiger partial charge in [0.25, 0.3) is 0 Å². The number of anilines is 1. The summed E-state index contributed by atoms with van der Waals surface area (Å²) < 4.78 is 1.25. The molecule has 0 aromatic carbocycles. The fourth-order valence-electron chi connectivity index (χ4n) is 1.12. The first-order chi connectivity index (χ1) is 7.61. The molecule has 7 nitrogen and oxygen atoms in total. The second-order valence-corrected chi connectivity index (χ2v) is 3.22. The summed E-state index contributed by atoms with van der Waals surface area (Å²) in [6.45, 7) is 0.376. The van der Waals surface area contributed by atoms with Crippen molar-refractivity contribution in [2.75, 3.05) is 18.9 Å². The van der Waals surface area contributed by atoms with E-state index in [1.54, 1.807) is 7.05 Å². The van der Waals surface area contributed by atoms with E-state index in [2.05, 4.69) is 15.7 Å². The summed E-state index contributed by atoms with van der Waals surface area (Å²) in [5.41, 5.74) is 0.502. The third-order valence-corrected chi connectivity index (χ3v) is 1.82. The van der Waals surface area contributed by atoms with Crippen LogP contribution in [-0.2, 0) is 16.1 Å². The predicted octanol–water partition coefficient (Wildman–Crippen LogP) is -0.484. The Hall–Kier alpha value is -1.89. The maximum atomic E-state index is 11.3. The number of carboxylic acids is 1. The van der Waals surface area contributed by atoms with E-state index >= 15 is 0 Å². The van der Waals surface area contributed by atoms with Gasteiger partial charge in [0.2, 0.25) is 5.91 Å². The van der Waals surface area contributed by atoms with E-state index in [0.717, 1.165) is 0 Å². The highest BCUT2D eigenvalue weighted by molar-refractivity contribution is 5.90. The summed E-state index contributed by atoms with van der Waals surface area (Å²) in [5, 5.41) is 17.8. The van der Waals surface area contributed by atoms with Gasteiger partial charge in [-0.15, -0.1) is 0 Å². The lowest BCUT2D eigenvalue weighted by atomic mass is 10.4. The van der Waals surface area contributed by atoms with Crippen LogP contribution in [0.3, 0.4) is 0 Å². The minimum atomic E-state index is -0.976. The number of aromatic nitrogens is 2. The number of hydrogen-bond acceptors (Lipinski definition) is 4. The summed E-state index contributed by atoms with van der Waals surface area (Å²) in [5.74, 6) is -1.11. The molecular weight excluding hydrogens is 212 g/mol. The summed E-state index contributed by atoms with van der Waals surface area (Å²) >= 11 is 0. The average molecular weight is 226 g/mol. The van der Waals surface area contributed by atoms with Gasteiger partial charge >= 0.3 is 5.97 Å². The Morgan fingerprint density at radius 1 is 1.56 bits per heavy atom. The van der Waals surface area contributed by atoms with Crippen LogP contribution in [0.2, 0.25) is 0 Å². The van der Waals surface area contributed by atoms with Crippen LogP contribution in [0.5, 0.6) is 0 Å². The first kappa shape index (κ1) is 12.2. The van der Waals surface area contributed by atoms with Gasteiger partial charge in [0.15, 0.2) is 0 Å². The van der Waals surface area contributed by atoms with E-state index in [0.29, 0.717) is 18.7 Å². The highest BCUT2D eigenvalue weighted by Gasteiger charge is 2.05. The van der Waals surface area contributed by atoms with Crippen LogP contribution in [-0.4, -0.2) is 40.4 Å². The number of nitrogens with one attached hydrogen (secondary N) is 2. The lowest BCUT2D eigenvalue weighted by molar-refractivity contribution is -0.137. The number of carboxylic acid groups (broad SMARTS) is 1. The fourth-order valence-corrected chi connectivity index (χ4v) is 1.12. The molecule has 16 heavy (non-hydrogen) atoms. The third kappa shape index (κ3) is 4.09. The number of carbonyl (C=O) groups is 2. The number of hydrogen-bond donors (Lipinski definition) is 3. The molecule has 1 amide bonds. The maximum Gasteiger partial charge on any atom is 0.325 e. The van der Waals surface area contributed by atoms with Gasteiger partial charge in [-0.2, -0.15) is 5.10 Å². The molecule has 1 rings (SSSR count). The first-order valence-corrected chi connectivity index (χ1v) is 4.80. The zero-order valence-electron chi connectivity index (χ0n) is 8.93. The topological polar surface area (TPSA) is 96.3 Å². The molecule has 0 unspecified atom stereocenters. The van der Waals surface area contributed by atoms with Crippen LogP contribution in [0.25, 0.3) is 0 Å². The van der Waals surface area contributed by atoms with E-state index in [1.165, 1.54) is 17.1 Å². The summed E-state index contributed by atoms with van der Waals surface area (Å²) in [4.78, 5) is 21.7. The number of carbonyl (C=O) groups excluding carboxylic acids is 1. The highest BCUT2D eigenvalue weighted by atomic mass is 16.4. The SMILES string of the molecule is CNCCC(=O)Nc1cnn(CC(=O)O)c1. The van der Waals surface area contributed by atoms with Gasteiger partial charge in [0.05, 0.1) is 11.9 Å². The molecule has 1 heterocycles. The Bertz CT molecular complexity index is 375. The molecule has 0 saturated carbocycles. The Balaban J connectivity index is 2.45. The minimum Gasteiger partial charge on any atom is -0.480 e. The lowest BCUT2D eigenvalue weighted by Gasteiger charge is -2.01. The number of aliphatic carboxylic acids is 1. The van der Waals surface area contributed by atoms with Crippen molar-refractivity contribution in [1.29, 1.82) is 0 Å². The van der Waals surface area contributed by atoms with E-state index < -0.39 is 5.97 Å². The van der Waals surface area contributed by atoms with Gasteiger partial charge in [-0.1, -0.05) is 0 Å². The molecule has 1 aromatic rings. The summed E-state index contributed by atoms with van der Waals surface area (Å²) in [7, 11) is 1.76. The first-order valence-electron chi connectivity index (χ1n) is 4.80. The van der Waals surface area contributed by atoms with Gasteiger partial charge in [-0.05, 0) is 7.05 Å². The molecule has 0 atom stereocenters. The van der Waals surface area contributed by atoms with Crippen molar-refractivity contribution in [3.05, 3.63) is 12.4 Å². The van der Waals surface area contributed by atoms with Gasteiger partial charge in [0, 0.05) is 19.2 Å². The maximum absolute atomic E-state index is 11.3. The number of amides is 1. The Kier molecular flexibility index (Phi) is 4.46. The molecule has 3 N–H and O–H groups in total. The second-order valence-electron chi connectivity index (χ2n) is 3.22. The molecule has 7 heteroatoms. The van der Waals surface area contributed by atoms with E-state index in [1.807, 2.05) is 0 Å². The monoisotopic (exact) mass is 226 g/mol. The molecule has 0 radical (unpaired) electrons. The normalized spacial score (nSPS) is 10.1. The van der Waals surface area contributed by atoms with Crippen LogP contribution in [0.4, 0.5) is 5.69 Å². The lowest BCUT2D eigenvalue weighted by Crippen LogP contribution is -2.18. The largest absolute Gasteiger partial charge is 0.480 e. The average Bonchev–Trinajstić information content (AvgIpc) is 2.61. The van der Waals surface area contributed by atoms with Crippen molar-refractivity contribution in [1.82, 2.24) is 15.1 Å². The summed E-state index contributed by atoms with van der Waals surface area (Å²) in [6, 6.07) is 0. The second kappa shape index (κ2) is 5.86. The minimum absolute atomic E-state index is 0.135. The Morgan fingerprint density at radius 2 is 2.31 bits per heavy atom. The van der Waals surface area contributed by atoms with Crippen LogP contribution in [0, 0.1) is 0 Å². The smallest absolute Gasteiger partial charge is 0.325 e. The zero-order valence-corrected chi connectivity index (χ0v) is 8.93. The van der Waals surface area contributed by atoms with Crippen molar-refractivity contribution in [3.8, 4) is 0 Å². The molecule has 0 saturated heterocycles. The highest BCUT2D eigenvalue weighted by Crippen LogP contribution is 2.04. The standard InChI is InChI=1S/C9H14N4O3/c1-10-3-2-8(14)12-7-4-11-13(5-7)6-9(15)16/h4-5,10H,2-3,6H2,1H3,(H,12,14)(H,15,16). The number of nitrogens with zero attached hydrogens (tertiary/aromatic N) is 2. The molecule has 0 aliphatic heterocycles. The molecule has 1 aromatic heterocycles. The third-order valence-electron chi connectivity index (χ3n) is 1.82. The van der Waals surface area contributed by atoms with E-state index in [-0.39, 0.29) is 12.5 Å². The van der Waals surface area contributed by atoms with Gasteiger partial charge in [0.1, 0.15) is 6.54 Å². The van der Waals surface area contributed by atoms with Gasteiger partial charge < -0.3 is 15.7 Å². The number of rotatable bonds is 6. The van der Waals surface area contributed by atoms with Gasteiger partial charge in [-0.3, -0.25) is 14.3 Å². The van der Waals surface area contributed by atoms with E-state index in [9.17, 15) is 9.59 Å². The van der Waals surface area contributed by atoms with Crippen LogP contribution < -0.4 is 10.6 Å². The fraction of sp³-hybridized carbons (Fsp3) is 0.444. The molecule has 0 aliphatic rings. The van der Waals surface area contributed by atoms with E-state index in [4.69, 9.17) is 5.11 Å². The van der Waals surface area contributed by atoms with Crippen LogP contribution in [0.1, 0.15) is 6.42 Å². The predicted molar refractivity (Wildman–Crippen MR) is 57.0 cm³/mol. The molecule has 88 valence electrons. The molecular formula is C9H14N4O3. The van der Waals surface area contributed by atoms with Crippen molar-refractivity contribution >= 4 is 17.6 Å². The quantitative estimate of drug-likeness (QED) is 0.608. The van der Waals surface area contributed by atoms with Gasteiger partial charge in [-0.25, -0.2) is 0 Å². The van der Waals surface area contributed by atoms with Crippen LogP contribution >= 0.6 is 0 Å². The Labute approximate surface area is 92.4 Å². The van der Waals surface area contributed by atoms with Crippen molar-refractivity contribution in [2.24, 2.45) is 0 Å². The Morgan fingerprint density at radius 3 is 2.94 bits per heavy atom. The zero-order chi connectivity index (χ0) is 12.0. The van der Waals surface area contributed by atoms with Crippen molar-refractivity contribution in [2.45, 2.75) is 13.0 Å². The molecule has 0 bridgehead atoms. The molecule has 0 fully saturated rings. The van der Waals surface area contributed by atoms with Crippen molar-refractivity contribution < 1.29 is 14.7 Å². The summed E-state index contributed by atoms with van der Waals surface area (Å²) in [6.07, 6.45) is 3.26. The molecule has 0 spiro atoms. The van der Waals surface area contributed by atoms with Crippen LogP contribution in [0.15, 0.2) is 12.4 Å². The molecule has 0 aliphatic carbocycles. The van der Waals surface area contributed by atoms with Crippen molar-refractivity contribution in [3.63, 3.8) is 0 Å².